The fourth-order valence-corrected chi connectivity index (χ4v) is 2.80. The molecule has 0 saturated heterocycles. The van der Waals surface area contributed by atoms with Crippen LogP contribution in [0.5, 0.6) is 0 Å². The third-order valence-corrected chi connectivity index (χ3v) is 3.83. The van der Waals surface area contributed by atoms with Gasteiger partial charge in [0.2, 0.25) is 10.0 Å². The number of sulfonamides is 1. The van der Waals surface area contributed by atoms with Gasteiger partial charge in [0.25, 0.3) is 0 Å². The van der Waals surface area contributed by atoms with Gasteiger partial charge in [-0.05, 0) is 13.8 Å². The van der Waals surface area contributed by atoms with E-state index in [9.17, 15) is 8.42 Å². The summed E-state index contributed by atoms with van der Waals surface area (Å²) in [4.78, 5) is 0.180. The number of H-pyrrole nitrogens is 1. The second-order valence-electron chi connectivity index (χ2n) is 3.50. The summed E-state index contributed by atoms with van der Waals surface area (Å²) in [5.41, 5.74) is 0.942. The molecule has 0 amide bonds. The van der Waals surface area contributed by atoms with E-state index in [1.54, 1.807) is 13.8 Å². The van der Waals surface area contributed by atoms with Crippen LogP contribution in [0.15, 0.2) is 4.90 Å². The van der Waals surface area contributed by atoms with Crippen LogP contribution in [0.3, 0.4) is 0 Å². The third kappa shape index (κ3) is 3.77. The van der Waals surface area contributed by atoms with Crippen molar-refractivity contribution >= 4 is 10.0 Å². The minimum atomic E-state index is -3.55. The molecular weight excluding hydrogens is 246 g/mol. The van der Waals surface area contributed by atoms with Gasteiger partial charge in [0, 0.05) is 6.54 Å². The molecule has 1 aromatic heterocycles. The van der Waals surface area contributed by atoms with Crippen LogP contribution in [0.25, 0.3) is 0 Å². The molecule has 0 atom stereocenters. The summed E-state index contributed by atoms with van der Waals surface area (Å²) in [6.45, 7) is 3.78. The molecule has 0 aliphatic carbocycles. The van der Waals surface area contributed by atoms with Gasteiger partial charge in [0.1, 0.15) is 4.90 Å². The van der Waals surface area contributed by atoms with Gasteiger partial charge in [0.05, 0.1) is 31.2 Å². The van der Waals surface area contributed by atoms with Gasteiger partial charge in [-0.25, -0.2) is 13.1 Å². The van der Waals surface area contributed by atoms with E-state index in [0.717, 1.165) is 0 Å². The number of aromatic nitrogens is 2. The van der Waals surface area contributed by atoms with E-state index in [2.05, 4.69) is 14.9 Å². The molecule has 17 heavy (non-hydrogen) atoms. The summed E-state index contributed by atoms with van der Waals surface area (Å²) < 4.78 is 31.1. The van der Waals surface area contributed by atoms with Crippen molar-refractivity contribution in [2.75, 3.05) is 26.4 Å². The van der Waals surface area contributed by atoms with Crippen molar-refractivity contribution in [3.05, 3.63) is 11.4 Å². The Morgan fingerprint density at radius 2 is 2.12 bits per heavy atom. The zero-order chi connectivity index (χ0) is 12.9. The summed E-state index contributed by atoms with van der Waals surface area (Å²) in [7, 11) is -3.55. The Labute approximate surface area is 100 Å². The van der Waals surface area contributed by atoms with Crippen molar-refractivity contribution in [2.24, 2.45) is 0 Å². The summed E-state index contributed by atoms with van der Waals surface area (Å²) >= 11 is 0. The van der Waals surface area contributed by atoms with Gasteiger partial charge >= 0.3 is 0 Å². The van der Waals surface area contributed by atoms with E-state index in [1.807, 2.05) is 0 Å². The van der Waals surface area contributed by atoms with Crippen molar-refractivity contribution in [1.82, 2.24) is 14.9 Å². The fourth-order valence-electron chi connectivity index (χ4n) is 1.42. The fraction of sp³-hybridized carbons (Fsp3) is 0.667. The predicted octanol–water partition coefficient (Wildman–Crippen LogP) is -0.686. The van der Waals surface area contributed by atoms with Crippen LogP contribution in [-0.2, 0) is 14.8 Å². The lowest BCUT2D eigenvalue weighted by atomic mass is 10.4. The normalized spacial score (nSPS) is 11.9. The number of hydrogen-bond donors (Lipinski definition) is 3. The Balaban J connectivity index is 2.58. The first kappa shape index (κ1) is 14.1. The average molecular weight is 263 g/mol. The Bertz CT molecular complexity index is 435. The highest BCUT2D eigenvalue weighted by molar-refractivity contribution is 7.89. The summed E-state index contributed by atoms with van der Waals surface area (Å²) in [6.07, 6.45) is 0. The number of hydrogen-bond acceptors (Lipinski definition) is 5. The molecule has 3 N–H and O–H groups in total. The van der Waals surface area contributed by atoms with Crippen molar-refractivity contribution in [3.8, 4) is 0 Å². The highest BCUT2D eigenvalue weighted by atomic mass is 32.2. The van der Waals surface area contributed by atoms with Crippen LogP contribution in [0.4, 0.5) is 0 Å². The maximum atomic E-state index is 11.9. The van der Waals surface area contributed by atoms with Crippen LogP contribution in [-0.4, -0.2) is 50.1 Å². The lowest BCUT2D eigenvalue weighted by molar-refractivity contribution is 0.0961. The standard InChI is InChI=1S/C9H17N3O4S/c1-7-9(8(2)12-11-7)17(14,15)10-3-5-16-6-4-13/h10,13H,3-6H2,1-2H3,(H,11,12). The molecule has 0 aliphatic rings. The number of aliphatic hydroxyl groups is 1. The molecule has 0 radical (unpaired) electrons. The molecule has 0 saturated carbocycles. The lowest BCUT2D eigenvalue weighted by Gasteiger charge is -2.06. The van der Waals surface area contributed by atoms with E-state index in [-0.39, 0.29) is 31.3 Å². The zero-order valence-corrected chi connectivity index (χ0v) is 10.7. The number of aromatic amines is 1. The largest absolute Gasteiger partial charge is 0.394 e. The molecule has 1 rings (SSSR count). The number of nitrogens with one attached hydrogen (secondary N) is 2. The van der Waals surface area contributed by atoms with Crippen LogP contribution in [0, 0.1) is 13.8 Å². The summed E-state index contributed by atoms with van der Waals surface area (Å²) in [5, 5.41) is 14.9. The van der Waals surface area contributed by atoms with E-state index < -0.39 is 10.0 Å². The first-order chi connectivity index (χ1) is 7.99. The topological polar surface area (TPSA) is 104 Å². The van der Waals surface area contributed by atoms with Crippen LogP contribution < -0.4 is 4.72 Å². The second kappa shape index (κ2) is 6.10. The molecule has 1 heterocycles. The lowest BCUT2D eigenvalue weighted by Crippen LogP contribution is -2.28. The van der Waals surface area contributed by atoms with Crippen molar-refractivity contribution in [2.45, 2.75) is 18.7 Å². The Morgan fingerprint density at radius 3 is 2.65 bits per heavy atom. The van der Waals surface area contributed by atoms with Crippen molar-refractivity contribution < 1.29 is 18.3 Å². The second-order valence-corrected chi connectivity index (χ2v) is 5.20. The first-order valence-corrected chi connectivity index (χ1v) is 6.67. The van der Waals surface area contributed by atoms with E-state index in [1.165, 1.54) is 0 Å². The van der Waals surface area contributed by atoms with E-state index in [4.69, 9.17) is 9.84 Å². The number of aryl methyl sites for hydroxylation is 2. The molecule has 1 aromatic rings. The molecule has 8 heteroatoms. The quantitative estimate of drug-likeness (QED) is 0.565. The number of aliphatic hydroxyl groups excluding tert-OH is 1. The maximum absolute atomic E-state index is 11.9. The smallest absolute Gasteiger partial charge is 0.244 e. The van der Waals surface area contributed by atoms with Crippen molar-refractivity contribution in [3.63, 3.8) is 0 Å². The molecule has 98 valence electrons. The van der Waals surface area contributed by atoms with Crippen LogP contribution in [0.2, 0.25) is 0 Å². The van der Waals surface area contributed by atoms with Gasteiger partial charge in [-0.2, -0.15) is 5.10 Å². The molecule has 0 fully saturated rings. The molecule has 0 aromatic carbocycles. The first-order valence-electron chi connectivity index (χ1n) is 5.19. The monoisotopic (exact) mass is 263 g/mol. The molecule has 7 nitrogen and oxygen atoms in total. The van der Waals surface area contributed by atoms with Gasteiger partial charge in [0.15, 0.2) is 0 Å². The number of ether oxygens (including phenoxy) is 1. The van der Waals surface area contributed by atoms with Gasteiger partial charge in [-0.1, -0.05) is 0 Å². The Morgan fingerprint density at radius 1 is 1.41 bits per heavy atom. The highest BCUT2D eigenvalue weighted by Crippen LogP contribution is 2.15. The molecule has 0 spiro atoms. The maximum Gasteiger partial charge on any atom is 0.244 e. The van der Waals surface area contributed by atoms with E-state index >= 15 is 0 Å². The number of nitrogens with zero attached hydrogens (tertiary/aromatic N) is 1. The number of rotatable bonds is 7. The van der Waals surface area contributed by atoms with Gasteiger partial charge < -0.3 is 9.84 Å². The molecule has 0 bridgehead atoms. The van der Waals surface area contributed by atoms with E-state index in [0.29, 0.717) is 11.4 Å². The summed E-state index contributed by atoms with van der Waals surface area (Å²) in [5.74, 6) is 0. The average Bonchev–Trinajstić information content (AvgIpc) is 2.58. The van der Waals surface area contributed by atoms with Gasteiger partial charge in [-0.15, -0.1) is 0 Å². The third-order valence-electron chi connectivity index (χ3n) is 2.10. The van der Waals surface area contributed by atoms with Crippen molar-refractivity contribution in [1.29, 1.82) is 0 Å². The Kier molecular flexibility index (Phi) is 5.06. The van der Waals surface area contributed by atoms with Gasteiger partial charge in [-0.3, -0.25) is 5.10 Å². The minimum Gasteiger partial charge on any atom is -0.394 e. The summed E-state index contributed by atoms with van der Waals surface area (Å²) in [6, 6.07) is 0. The van der Waals surface area contributed by atoms with Crippen LogP contribution in [0.1, 0.15) is 11.4 Å². The molecule has 0 unspecified atom stereocenters. The van der Waals surface area contributed by atoms with Crippen LogP contribution >= 0.6 is 0 Å². The SMILES string of the molecule is Cc1n[nH]c(C)c1S(=O)(=O)NCCOCCO. The highest BCUT2D eigenvalue weighted by Gasteiger charge is 2.21. The zero-order valence-electron chi connectivity index (χ0n) is 9.86. The molecule has 0 aliphatic heterocycles. The Hall–Kier alpha value is -0.960. The minimum absolute atomic E-state index is 0.0767. The predicted molar refractivity (Wildman–Crippen MR) is 61.2 cm³/mol. The molecular formula is C9H17N3O4S.